The van der Waals surface area contributed by atoms with Gasteiger partial charge in [-0.1, -0.05) is 5.92 Å². The molecule has 3 nitrogen and oxygen atoms in total. The van der Waals surface area contributed by atoms with Crippen LogP contribution in [0.3, 0.4) is 0 Å². The van der Waals surface area contributed by atoms with E-state index >= 15 is 0 Å². The van der Waals surface area contributed by atoms with Gasteiger partial charge in [-0.15, -0.1) is 6.42 Å². The van der Waals surface area contributed by atoms with E-state index in [2.05, 4.69) is 10.9 Å². The third-order valence-electron chi connectivity index (χ3n) is 1.53. The molecule has 0 aliphatic rings. The van der Waals surface area contributed by atoms with E-state index in [0.717, 1.165) is 0 Å². The Balaban J connectivity index is 2.86. The highest BCUT2D eigenvalue weighted by Gasteiger charge is 2.03. The molecule has 3 N–H and O–H groups in total. The molecule has 1 heterocycles. The molecule has 0 aromatic carbocycles. The lowest BCUT2D eigenvalue weighted by Gasteiger charge is -2.05. The van der Waals surface area contributed by atoms with Crippen LogP contribution in [0, 0.1) is 12.3 Å². The van der Waals surface area contributed by atoms with Gasteiger partial charge in [0.25, 0.3) is 0 Å². The van der Waals surface area contributed by atoms with Gasteiger partial charge in [0.2, 0.25) is 0 Å². The highest BCUT2D eigenvalue weighted by Crippen LogP contribution is 2.06. The van der Waals surface area contributed by atoms with E-state index in [1.165, 1.54) is 0 Å². The molecular weight excluding hydrogens is 152 g/mol. The zero-order valence-electron chi connectivity index (χ0n) is 6.57. The quantitative estimate of drug-likeness (QED) is 0.604. The summed E-state index contributed by atoms with van der Waals surface area (Å²) in [4.78, 5) is 3.99. The monoisotopic (exact) mass is 162 g/mol. The Labute approximate surface area is 71.2 Å². The number of nitrogens with zero attached hydrogens (tertiary/aromatic N) is 1. The number of hydrogen-bond donors (Lipinski definition) is 2. The predicted octanol–water partition coefficient (Wildman–Crippen LogP) is 0.0550. The van der Waals surface area contributed by atoms with E-state index in [9.17, 15) is 0 Å². The highest BCUT2D eigenvalue weighted by molar-refractivity contribution is 5.30. The maximum Gasteiger partial charge on any atom is 0.0704 e. The summed E-state index contributed by atoms with van der Waals surface area (Å²) in [5, 5.41) is 8.71. The van der Waals surface area contributed by atoms with Gasteiger partial charge in [0, 0.05) is 11.8 Å². The predicted molar refractivity (Wildman–Crippen MR) is 46.2 cm³/mol. The van der Waals surface area contributed by atoms with Crippen molar-refractivity contribution in [2.45, 2.75) is 6.04 Å². The van der Waals surface area contributed by atoms with Crippen molar-refractivity contribution < 1.29 is 5.11 Å². The highest BCUT2D eigenvalue weighted by atomic mass is 16.3. The molecular formula is C9H10N2O. The summed E-state index contributed by atoms with van der Waals surface area (Å²) in [7, 11) is 0. The van der Waals surface area contributed by atoms with Crippen molar-refractivity contribution in [3.63, 3.8) is 0 Å². The Morgan fingerprint density at radius 1 is 1.67 bits per heavy atom. The van der Waals surface area contributed by atoms with Crippen molar-refractivity contribution in [1.29, 1.82) is 0 Å². The summed E-state index contributed by atoms with van der Waals surface area (Å²) < 4.78 is 0. The van der Waals surface area contributed by atoms with Gasteiger partial charge < -0.3 is 10.8 Å². The molecule has 0 radical (unpaired) electrons. The van der Waals surface area contributed by atoms with Crippen LogP contribution >= 0.6 is 0 Å². The Morgan fingerprint density at radius 2 is 2.42 bits per heavy atom. The third kappa shape index (κ3) is 1.82. The molecule has 0 bridgehead atoms. The van der Waals surface area contributed by atoms with Gasteiger partial charge in [0.1, 0.15) is 0 Å². The fraction of sp³-hybridized carbons (Fsp3) is 0.222. The Hall–Kier alpha value is -1.37. The van der Waals surface area contributed by atoms with Crippen molar-refractivity contribution in [2.24, 2.45) is 5.73 Å². The van der Waals surface area contributed by atoms with Crippen molar-refractivity contribution in [3.8, 4) is 12.3 Å². The minimum absolute atomic E-state index is 0.109. The van der Waals surface area contributed by atoms with Crippen LogP contribution in [-0.2, 0) is 0 Å². The lowest BCUT2D eigenvalue weighted by molar-refractivity contribution is 0.266. The number of aliphatic hydroxyl groups is 1. The first-order valence-electron chi connectivity index (χ1n) is 3.57. The molecule has 0 fully saturated rings. The Morgan fingerprint density at radius 3 is 2.83 bits per heavy atom. The second kappa shape index (κ2) is 3.86. The molecule has 0 aliphatic heterocycles. The summed E-state index contributed by atoms with van der Waals surface area (Å²) in [6.45, 7) is -0.109. The Bertz CT molecular complexity index is 286. The second-order valence-corrected chi connectivity index (χ2v) is 2.41. The van der Waals surface area contributed by atoms with Gasteiger partial charge in [-0.25, -0.2) is 0 Å². The van der Waals surface area contributed by atoms with Crippen LogP contribution < -0.4 is 5.73 Å². The van der Waals surface area contributed by atoms with Crippen LogP contribution in [0.5, 0.6) is 0 Å². The molecule has 12 heavy (non-hydrogen) atoms. The molecule has 1 rings (SSSR count). The first-order chi connectivity index (χ1) is 5.77. The summed E-state index contributed by atoms with van der Waals surface area (Å²) in [6, 6.07) is 3.05. The van der Waals surface area contributed by atoms with Gasteiger partial charge in [0.05, 0.1) is 18.3 Å². The molecule has 0 aliphatic carbocycles. The van der Waals surface area contributed by atoms with Crippen LogP contribution in [0.15, 0.2) is 18.3 Å². The summed E-state index contributed by atoms with van der Waals surface area (Å²) >= 11 is 0. The Kier molecular flexibility index (Phi) is 2.81. The first-order valence-corrected chi connectivity index (χ1v) is 3.57. The van der Waals surface area contributed by atoms with Crippen molar-refractivity contribution in [1.82, 2.24) is 4.98 Å². The average molecular weight is 162 g/mol. The number of aromatic nitrogens is 1. The van der Waals surface area contributed by atoms with Gasteiger partial charge in [-0.2, -0.15) is 0 Å². The molecule has 62 valence electrons. The molecule has 0 amide bonds. The van der Waals surface area contributed by atoms with E-state index in [1.54, 1.807) is 18.3 Å². The number of rotatable bonds is 2. The van der Waals surface area contributed by atoms with Crippen LogP contribution in [0.4, 0.5) is 0 Å². The van der Waals surface area contributed by atoms with Gasteiger partial charge >= 0.3 is 0 Å². The van der Waals surface area contributed by atoms with Gasteiger partial charge in [0.15, 0.2) is 0 Å². The van der Waals surface area contributed by atoms with Crippen LogP contribution in [-0.4, -0.2) is 16.7 Å². The van der Waals surface area contributed by atoms with Crippen molar-refractivity contribution >= 4 is 0 Å². The number of aliphatic hydroxyl groups excluding tert-OH is 1. The fourth-order valence-electron chi connectivity index (χ4n) is 0.804. The molecule has 0 saturated carbocycles. The second-order valence-electron chi connectivity index (χ2n) is 2.41. The summed E-state index contributed by atoms with van der Waals surface area (Å²) in [6.07, 6.45) is 6.70. The molecule has 1 aromatic heterocycles. The lowest BCUT2D eigenvalue weighted by Crippen LogP contribution is -2.15. The van der Waals surface area contributed by atoms with E-state index in [0.29, 0.717) is 11.3 Å². The summed E-state index contributed by atoms with van der Waals surface area (Å²) in [5.41, 5.74) is 6.88. The summed E-state index contributed by atoms with van der Waals surface area (Å²) in [5.74, 6) is 2.45. The SMILES string of the molecule is C#Cc1ccc([C@H](N)CO)nc1. The average Bonchev–Trinajstić information content (AvgIpc) is 2.17. The minimum Gasteiger partial charge on any atom is -0.394 e. The van der Waals surface area contributed by atoms with E-state index in [1.807, 2.05) is 0 Å². The molecule has 1 aromatic rings. The van der Waals surface area contributed by atoms with Crippen molar-refractivity contribution in [3.05, 3.63) is 29.6 Å². The zero-order chi connectivity index (χ0) is 8.97. The largest absolute Gasteiger partial charge is 0.394 e. The maximum absolute atomic E-state index is 8.71. The molecule has 0 saturated heterocycles. The van der Waals surface area contributed by atoms with Crippen LogP contribution in [0.1, 0.15) is 17.3 Å². The molecule has 1 atom stereocenters. The van der Waals surface area contributed by atoms with Crippen LogP contribution in [0.2, 0.25) is 0 Å². The maximum atomic E-state index is 8.71. The number of terminal acetylenes is 1. The smallest absolute Gasteiger partial charge is 0.0704 e. The number of hydrogen-bond acceptors (Lipinski definition) is 3. The normalized spacial score (nSPS) is 12.1. The topological polar surface area (TPSA) is 59.1 Å². The van der Waals surface area contributed by atoms with Gasteiger partial charge in [-0.3, -0.25) is 4.98 Å². The molecule has 0 spiro atoms. The number of nitrogens with two attached hydrogens (primary N) is 1. The van der Waals surface area contributed by atoms with Crippen LogP contribution in [0.25, 0.3) is 0 Å². The zero-order valence-corrected chi connectivity index (χ0v) is 6.57. The van der Waals surface area contributed by atoms with E-state index < -0.39 is 6.04 Å². The molecule has 0 unspecified atom stereocenters. The third-order valence-corrected chi connectivity index (χ3v) is 1.53. The van der Waals surface area contributed by atoms with Crippen molar-refractivity contribution in [2.75, 3.05) is 6.61 Å². The van der Waals surface area contributed by atoms with E-state index in [4.69, 9.17) is 17.3 Å². The number of pyridine rings is 1. The van der Waals surface area contributed by atoms with Gasteiger partial charge in [-0.05, 0) is 12.1 Å². The lowest BCUT2D eigenvalue weighted by atomic mass is 10.2. The standard InChI is InChI=1S/C9H10N2O/c1-2-7-3-4-9(11-5-7)8(10)6-12/h1,3-5,8,12H,6,10H2/t8-/m1/s1. The first kappa shape index (κ1) is 8.72. The fourth-order valence-corrected chi connectivity index (χ4v) is 0.804. The minimum atomic E-state index is -0.420. The van der Waals surface area contributed by atoms with E-state index in [-0.39, 0.29) is 6.61 Å². The molecule has 3 heteroatoms.